The predicted molar refractivity (Wildman–Crippen MR) is 75.5 cm³/mol. The summed E-state index contributed by atoms with van der Waals surface area (Å²) in [6.45, 7) is 4.78. The number of nitrogens with zero attached hydrogens (tertiary/aromatic N) is 2. The maximum absolute atomic E-state index is 13.7. The zero-order valence-corrected chi connectivity index (χ0v) is 12.0. The second kappa shape index (κ2) is 6.63. The first-order valence-electron chi connectivity index (χ1n) is 6.22. The molecule has 1 aromatic heterocycles. The van der Waals surface area contributed by atoms with Crippen LogP contribution in [-0.4, -0.2) is 16.0 Å². The zero-order valence-electron chi connectivity index (χ0n) is 11.2. The minimum atomic E-state index is -0.622. The minimum absolute atomic E-state index is 0.000235. The van der Waals surface area contributed by atoms with E-state index in [9.17, 15) is 4.39 Å². The number of nitrogens with one attached hydrogen (secondary N) is 1. The van der Waals surface area contributed by atoms with Gasteiger partial charge in [-0.2, -0.15) is 0 Å². The average molecular weight is 296 g/mol. The van der Waals surface area contributed by atoms with E-state index in [0.29, 0.717) is 12.6 Å². The Bertz CT molecular complexity index is 575. The quantitative estimate of drug-likeness (QED) is 0.916. The number of aromatic nitrogens is 2. The van der Waals surface area contributed by atoms with E-state index in [1.165, 1.54) is 12.1 Å². The summed E-state index contributed by atoms with van der Waals surface area (Å²) in [5.41, 5.74) is 0.928. The standard InChI is InChI=1S/C14H15ClFN3O/c1-9(2)17-6-10-7-18-14(19-8-10)20-12-5-3-4-11(15)13(12)16/h3-5,7-9,17H,6H2,1-2H3. The van der Waals surface area contributed by atoms with Crippen LogP contribution in [0, 0.1) is 5.82 Å². The number of benzene rings is 1. The number of rotatable bonds is 5. The van der Waals surface area contributed by atoms with Crippen LogP contribution in [0.5, 0.6) is 11.8 Å². The van der Waals surface area contributed by atoms with Crippen molar-refractivity contribution in [1.29, 1.82) is 0 Å². The minimum Gasteiger partial charge on any atom is -0.421 e. The third kappa shape index (κ3) is 3.88. The zero-order chi connectivity index (χ0) is 14.5. The molecule has 0 radical (unpaired) electrons. The van der Waals surface area contributed by atoms with E-state index in [1.54, 1.807) is 18.5 Å². The van der Waals surface area contributed by atoms with Gasteiger partial charge in [0, 0.05) is 30.5 Å². The van der Waals surface area contributed by atoms with E-state index in [1.807, 2.05) is 0 Å². The van der Waals surface area contributed by atoms with Crippen molar-refractivity contribution in [3.05, 3.63) is 47.0 Å². The van der Waals surface area contributed by atoms with Crippen LogP contribution in [0.1, 0.15) is 19.4 Å². The molecule has 0 aliphatic rings. The fraction of sp³-hybridized carbons (Fsp3) is 0.286. The van der Waals surface area contributed by atoms with E-state index >= 15 is 0 Å². The van der Waals surface area contributed by atoms with Gasteiger partial charge in [-0.3, -0.25) is 0 Å². The molecular weight excluding hydrogens is 281 g/mol. The van der Waals surface area contributed by atoms with Gasteiger partial charge in [0.2, 0.25) is 0 Å². The first-order chi connectivity index (χ1) is 9.56. The Morgan fingerprint density at radius 3 is 2.65 bits per heavy atom. The highest BCUT2D eigenvalue weighted by molar-refractivity contribution is 6.30. The highest BCUT2D eigenvalue weighted by Gasteiger charge is 2.09. The smallest absolute Gasteiger partial charge is 0.321 e. The Labute approximate surface area is 122 Å². The number of halogens is 2. The monoisotopic (exact) mass is 295 g/mol. The van der Waals surface area contributed by atoms with Crippen molar-refractivity contribution >= 4 is 11.6 Å². The lowest BCUT2D eigenvalue weighted by Gasteiger charge is -2.08. The van der Waals surface area contributed by atoms with Gasteiger partial charge in [-0.15, -0.1) is 0 Å². The summed E-state index contributed by atoms with van der Waals surface area (Å²) in [5.74, 6) is -0.617. The molecule has 1 aromatic carbocycles. The summed E-state index contributed by atoms with van der Waals surface area (Å²) in [7, 11) is 0. The van der Waals surface area contributed by atoms with Gasteiger partial charge in [0.15, 0.2) is 11.6 Å². The highest BCUT2D eigenvalue weighted by Crippen LogP contribution is 2.26. The van der Waals surface area contributed by atoms with E-state index < -0.39 is 5.82 Å². The van der Waals surface area contributed by atoms with Gasteiger partial charge in [-0.05, 0) is 12.1 Å². The van der Waals surface area contributed by atoms with Crippen LogP contribution in [0.3, 0.4) is 0 Å². The molecule has 0 spiro atoms. The van der Waals surface area contributed by atoms with Gasteiger partial charge in [0.25, 0.3) is 0 Å². The van der Waals surface area contributed by atoms with Crippen LogP contribution in [0.2, 0.25) is 5.02 Å². The third-order valence-electron chi connectivity index (χ3n) is 2.51. The van der Waals surface area contributed by atoms with E-state index in [2.05, 4.69) is 29.1 Å². The van der Waals surface area contributed by atoms with Crippen LogP contribution in [-0.2, 0) is 6.54 Å². The molecule has 0 saturated carbocycles. The Balaban J connectivity index is 2.05. The van der Waals surface area contributed by atoms with Gasteiger partial charge in [0.05, 0.1) is 5.02 Å². The molecule has 1 N–H and O–H groups in total. The third-order valence-corrected chi connectivity index (χ3v) is 2.81. The summed E-state index contributed by atoms with van der Waals surface area (Å²) in [5, 5.41) is 3.25. The SMILES string of the molecule is CC(C)NCc1cnc(Oc2cccc(Cl)c2F)nc1. The molecule has 0 unspecified atom stereocenters. The molecule has 20 heavy (non-hydrogen) atoms. The van der Waals surface area contributed by atoms with Crippen LogP contribution < -0.4 is 10.1 Å². The number of hydrogen-bond donors (Lipinski definition) is 1. The van der Waals surface area contributed by atoms with Crippen LogP contribution in [0.4, 0.5) is 4.39 Å². The average Bonchev–Trinajstić information content (AvgIpc) is 2.43. The van der Waals surface area contributed by atoms with Crippen molar-refractivity contribution in [3.63, 3.8) is 0 Å². The number of hydrogen-bond acceptors (Lipinski definition) is 4. The summed E-state index contributed by atoms with van der Waals surface area (Å²) in [4.78, 5) is 8.08. The van der Waals surface area contributed by atoms with Gasteiger partial charge < -0.3 is 10.1 Å². The van der Waals surface area contributed by atoms with Gasteiger partial charge in [-0.25, -0.2) is 14.4 Å². The molecule has 106 valence electrons. The van der Waals surface area contributed by atoms with Crippen molar-refractivity contribution < 1.29 is 9.13 Å². The molecule has 0 saturated heterocycles. The molecule has 0 aliphatic heterocycles. The topological polar surface area (TPSA) is 47.0 Å². The molecular formula is C14H15ClFN3O. The first-order valence-corrected chi connectivity index (χ1v) is 6.60. The van der Waals surface area contributed by atoms with Crippen molar-refractivity contribution in [2.75, 3.05) is 0 Å². The Morgan fingerprint density at radius 1 is 1.30 bits per heavy atom. The maximum Gasteiger partial charge on any atom is 0.321 e. The molecule has 4 nitrogen and oxygen atoms in total. The molecule has 0 bridgehead atoms. The van der Waals surface area contributed by atoms with Crippen LogP contribution in [0.15, 0.2) is 30.6 Å². The molecule has 2 aromatic rings. The van der Waals surface area contributed by atoms with E-state index in [4.69, 9.17) is 16.3 Å². The van der Waals surface area contributed by atoms with Crippen molar-refractivity contribution in [2.45, 2.75) is 26.4 Å². The number of ether oxygens (including phenoxy) is 1. The summed E-state index contributed by atoms with van der Waals surface area (Å²) < 4.78 is 18.9. The van der Waals surface area contributed by atoms with Crippen LogP contribution >= 0.6 is 11.6 Å². The Hall–Kier alpha value is -1.72. The second-order valence-corrected chi connectivity index (χ2v) is 4.97. The largest absolute Gasteiger partial charge is 0.421 e. The fourth-order valence-electron chi connectivity index (χ4n) is 1.47. The molecule has 0 amide bonds. The molecule has 0 aliphatic carbocycles. The molecule has 1 heterocycles. The van der Waals surface area contributed by atoms with E-state index in [-0.39, 0.29) is 16.8 Å². The highest BCUT2D eigenvalue weighted by atomic mass is 35.5. The van der Waals surface area contributed by atoms with Gasteiger partial charge >= 0.3 is 6.01 Å². The Kier molecular flexibility index (Phi) is 4.87. The molecule has 0 fully saturated rings. The molecule has 2 rings (SSSR count). The lowest BCUT2D eigenvalue weighted by molar-refractivity contribution is 0.410. The van der Waals surface area contributed by atoms with Gasteiger partial charge in [0.1, 0.15) is 0 Å². The second-order valence-electron chi connectivity index (χ2n) is 4.56. The van der Waals surface area contributed by atoms with E-state index in [0.717, 1.165) is 5.56 Å². The van der Waals surface area contributed by atoms with Crippen molar-refractivity contribution in [3.8, 4) is 11.8 Å². The van der Waals surface area contributed by atoms with Crippen molar-refractivity contribution in [2.24, 2.45) is 0 Å². The predicted octanol–water partition coefficient (Wildman–Crippen LogP) is 3.56. The van der Waals surface area contributed by atoms with Crippen molar-refractivity contribution in [1.82, 2.24) is 15.3 Å². The summed E-state index contributed by atoms with van der Waals surface area (Å²) in [6.07, 6.45) is 3.28. The first kappa shape index (κ1) is 14.7. The van der Waals surface area contributed by atoms with Gasteiger partial charge in [-0.1, -0.05) is 31.5 Å². The maximum atomic E-state index is 13.7. The molecule has 0 atom stereocenters. The molecule has 6 heteroatoms. The lowest BCUT2D eigenvalue weighted by Crippen LogP contribution is -2.21. The fourth-order valence-corrected chi connectivity index (χ4v) is 1.64. The summed E-state index contributed by atoms with van der Waals surface area (Å²) >= 11 is 5.67. The Morgan fingerprint density at radius 2 is 2.00 bits per heavy atom. The lowest BCUT2D eigenvalue weighted by atomic mass is 10.3. The normalized spacial score (nSPS) is 10.8. The van der Waals surface area contributed by atoms with Crippen LogP contribution in [0.25, 0.3) is 0 Å². The summed E-state index contributed by atoms with van der Waals surface area (Å²) in [6, 6.07) is 4.98.